The highest BCUT2D eigenvalue weighted by Gasteiger charge is 2.25. The van der Waals surface area contributed by atoms with Gasteiger partial charge in [-0.05, 0) is 26.3 Å². The number of nitrogens with one attached hydrogen (secondary N) is 1. The molecule has 0 bridgehead atoms. The van der Waals surface area contributed by atoms with Gasteiger partial charge in [-0.1, -0.05) is 13.8 Å². The first kappa shape index (κ1) is 16.4. The largest absolute Gasteiger partial charge is 0.464 e. The zero-order chi connectivity index (χ0) is 15.4. The summed E-state index contributed by atoms with van der Waals surface area (Å²) in [5.41, 5.74) is 2.62. The molecule has 0 aliphatic carbocycles. The number of esters is 1. The molecule has 0 fully saturated rings. The van der Waals surface area contributed by atoms with Crippen LogP contribution < -0.4 is 5.32 Å². The molecule has 0 spiro atoms. The highest BCUT2D eigenvalue weighted by Crippen LogP contribution is 2.23. The van der Waals surface area contributed by atoms with Gasteiger partial charge in [0.15, 0.2) is 5.78 Å². The second-order valence-corrected chi connectivity index (χ2v) is 5.13. The lowest BCUT2D eigenvalue weighted by molar-refractivity contribution is 0.0587. The van der Waals surface area contributed by atoms with E-state index in [9.17, 15) is 9.59 Å². The lowest BCUT2D eigenvalue weighted by Gasteiger charge is -2.08. The zero-order valence-corrected chi connectivity index (χ0v) is 13.2. The Morgan fingerprint density at radius 2 is 1.90 bits per heavy atom. The molecule has 20 heavy (non-hydrogen) atoms. The van der Waals surface area contributed by atoms with Crippen molar-refractivity contribution in [1.82, 2.24) is 9.88 Å². The minimum absolute atomic E-state index is 0.00560. The molecule has 1 aromatic heterocycles. The first-order valence-electron chi connectivity index (χ1n) is 6.89. The molecule has 0 saturated heterocycles. The van der Waals surface area contributed by atoms with Gasteiger partial charge in [0.1, 0.15) is 5.69 Å². The summed E-state index contributed by atoms with van der Waals surface area (Å²) in [5.74, 6) is -0.394. The van der Waals surface area contributed by atoms with E-state index >= 15 is 0 Å². The van der Waals surface area contributed by atoms with Crippen LogP contribution in [0.4, 0.5) is 0 Å². The van der Waals surface area contributed by atoms with Crippen molar-refractivity contribution in [3.05, 3.63) is 22.5 Å². The predicted octanol–water partition coefficient (Wildman–Crippen LogP) is 2.09. The molecule has 0 radical (unpaired) electrons. The molecule has 1 heterocycles. The van der Waals surface area contributed by atoms with Gasteiger partial charge in [-0.3, -0.25) is 4.79 Å². The number of hydrogen-bond acceptors (Lipinski definition) is 4. The lowest BCUT2D eigenvalue weighted by atomic mass is 10.1. The number of aromatic nitrogens is 1. The number of Topliss-reactive ketones (excluding diaryl/α,β-unsaturated/α-hetero) is 1. The normalized spacial score (nSPS) is 10.9. The number of ether oxygens (including phenoxy) is 1. The average Bonchev–Trinajstić information content (AvgIpc) is 2.65. The van der Waals surface area contributed by atoms with Gasteiger partial charge in [0.05, 0.1) is 13.7 Å². The summed E-state index contributed by atoms with van der Waals surface area (Å²) in [6, 6.07) is 0.243. The predicted molar refractivity (Wildman–Crippen MR) is 78.4 cm³/mol. The van der Waals surface area contributed by atoms with E-state index in [-0.39, 0.29) is 18.4 Å². The maximum atomic E-state index is 12.4. The molecule has 0 saturated carbocycles. The Bertz CT molecular complexity index is 516. The summed E-state index contributed by atoms with van der Waals surface area (Å²) < 4.78 is 6.66. The molecule has 1 aromatic rings. The van der Waals surface area contributed by atoms with Crippen molar-refractivity contribution in [2.75, 3.05) is 13.7 Å². The molecular weight excluding hydrogens is 256 g/mol. The fourth-order valence-corrected chi connectivity index (χ4v) is 2.45. The van der Waals surface area contributed by atoms with Crippen molar-refractivity contribution in [3.8, 4) is 0 Å². The average molecular weight is 280 g/mol. The molecule has 0 aliphatic heterocycles. The quantitative estimate of drug-likeness (QED) is 0.640. The van der Waals surface area contributed by atoms with Crippen molar-refractivity contribution < 1.29 is 14.3 Å². The van der Waals surface area contributed by atoms with Crippen molar-refractivity contribution in [2.24, 2.45) is 0 Å². The van der Waals surface area contributed by atoms with E-state index in [1.54, 1.807) is 6.92 Å². The van der Waals surface area contributed by atoms with Gasteiger partial charge in [-0.15, -0.1) is 0 Å². The molecule has 0 atom stereocenters. The van der Waals surface area contributed by atoms with Crippen LogP contribution in [0.25, 0.3) is 0 Å². The summed E-state index contributed by atoms with van der Waals surface area (Å²) in [7, 11) is 1.35. The Morgan fingerprint density at radius 1 is 1.30 bits per heavy atom. The van der Waals surface area contributed by atoms with Crippen LogP contribution in [0.3, 0.4) is 0 Å². The third-order valence-corrected chi connectivity index (χ3v) is 3.41. The minimum Gasteiger partial charge on any atom is -0.464 e. The fourth-order valence-electron chi connectivity index (χ4n) is 2.45. The van der Waals surface area contributed by atoms with E-state index in [1.807, 2.05) is 32.3 Å². The fraction of sp³-hybridized carbons (Fsp3) is 0.600. The Balaban J connectivity index is 3.24. The number of ketones is 1. The number of carbonyl (C=O) groups excluding carboxylic acids is 2. The van der Waals surface area contributed by atoms with Crippen LogP contribution in [0.15, 0.2) is 0 Å². The maximum absolute atomic E-state index is 12.4. The van der Waals surface area contributed by atoms with E-state index in [4.69, 9.17) is 4.74 Å². The minimum atomic E-state index is -0.400. The Hall–Kier alpha value is -1.62. The van der Waals surface area contributed by atoms with Gasteiger partial charge < -0.3 is 14.6 Å². The van der Waals surface area contributed by atoms with Gasteiger partial charge in [-0.2, -0.15) is 0 Å². The van der Waals surface area contributed by atoms with E-state index < -0.39 is 5.97 Å². The molecule has 1 N–H and O–H groups in total. The number of rotatable bonds is 6. The van der Waals surface area contributed by atoms with E-state index in [0.29, 0.717) is 23.4 Å². The molecule has 5 heteroatoms. The smallest absolute Gasteiger partial charge is 0.354 e. The zero-order valence-electron chi connectivity index (χ0n) is 13.2. The van der Waals surface area contributed by atoms with Gasteiger partial charge in [0.25, 0.3) is 0 Å². The summed E-state index contributed by atoms with van der Waals surface area (Å²) in [4.78, 5) is 24.3. The Labute approximate surface area is 120 Å². The van der Waals surface area contributed by atoms with Crippen LogP contribution in [0.5, 0.6) is 0 Å². The van der Waals surface area contributed by atoms with Crippen LogP contribution in [0, 0.1) is 13.8 Å². The highest BCUT2D eigenvalue weighted by atomic mass is 16.5. The molecule has 5 nitrogen and oxygen atoms in total. The van der Waals surface area contributed by atoms with Gasteiger partial charge in [0.2, 0.25) is 0 Å². The molecule has 1 rings (SSSR count). The van der Waals surface area contributed by atoms with Crippen LogP contribution in [-0.2, 0) is 11.3 Å². The molecule has 0 aromatic carbocycles. The summed E-state index contributed by atoms with van der Waals surface area (Å²) in [6.07, 6.45) is 0. The van der Waals surface area contributed by atoms with Crippen LogP contribution in [0.1, 0.15) is 52.9 Å². The summed E-state index contributed by atoms with van der Waals surface area (Å²) in [6.45, 7) is 10.5. The second kappa shape index (κ2) is 6.70. The summed E-state index contributed by atoms with van der Waals surface area (Å²) in [5, 5.41) is 3.11. The van der Waals surface area contributed by atoms with E-state index in [1.165, 1.54) is 7.11 Å². The topological polar surface area (TPSA) is 60.3 Å². The van der Waals surface area contributed by atoms with Crippen molar-refractivity contribution >= 4 is 11.8 Å². The number of hydrogen-bond donors (Lipinski definition) is 1. The third kappa shape index (κ3) is 3.10. The van der Waals surface area contributed by atoms with Crippen LogP contribution in [0.2, 0.25) is 0 Å². The van der Waals surface area contributed by atoms with E-state index in [2.05, 4.69) is 5.32 Å². The van der Waals surface area contributed by atoms with Gasteiger partial charge in [0, 0.05) is 23.8 Å². The maximum Gasteiger partial charge on any atom is 0.354 e. The molecule has 0 amide bonds. The van der Waals surface area contributed by atoms with Crippen molar-refractivity contribution in [2.45, 2.75) is 47.2 Å². The van der Waals surface area contributed by atoms with Crippen molar-refractivity contribution in [3.63, 3.8) is 0 Å². The van der Waals surface area contributed by atoms with Gasteiger partial charge >= 0.3 is 5.97 Å². The standard InChI is InChI=1S/C15H24N2O3/c1-7-17-11(5)13(12(18)8-16-9(2)3)10(4)14(17)15(19)20-6/h9,16H,7-8H2,1-6H3. The highest BCUT2D eigenvalue weighted by molar-refractivity contribution is 6.03. The first-order chi connectivity index (χ1) is 9.34. The Morgan fingerprint density at radius 3 is 2.35 bits per heavy atom. The Kier molecular flexibility index (Phi) is 5.51. The molecule has 112 valence electrons. The van der Waals surface area contributed by atoms with Crippen molar-refractivity contribution in [1.29, 1.82) is 0 Å². The number of carbonyl (C=O) groups is 2. The van der Waals surface area contributed by atoms with Crippen LogP contribution in [-0.4, -0.2) is 36.0 Å². The SMILES string of the molecule is CCn1c(C)c(C(=O)CNC(C)C)c(C)c1C(=O)OC. The lowest BCUT2D eigenvalue weighted by Crippen LogP contribution is -2.29. The molecule has 0 unspecified atom stereocenters. The summed E-state index contributed by atoms with van der Waals surface area (Å²) >= 11 is 0. The third-order valence-electron chi connectivity index (χ3n) is 3.41. The second-order valence-electron chi connectivity index (χ2n) is 5.13. The number of methoxy groups -OCH3 is 1. The first-order valence-corrected chi connectivity index (χ1v) is 6.89. The van der Waals surface area contributed by atoms with Crippen LogP contribution >= 0.6 is 0 Å². The molecular formula is C15H24N2O3. The number of nitrogens with zero attached hydrogens (tertiary/aromatic N) is 1. The monoisotopic (exact) mass is 280 g/mol. The van der Waals surface area contributed by atoms with E-state index in [0.717, 1.165) is 5.69 Å². The molecule has 0 aliphatic rings. The van der Waals surface area contributed by atoms with Gasteiger partial charge in [-0.25, -0.2) is 4.79 Å².